The number of esters is 1. The molecule has 6 nitrogen and oxygen atoms in total. The van der Waals surface area contributed by atoms with Gasteiger partial charge in [0.2, 0.25) is 11.7 Å². The molecule has 0 radical (unpaired) electrons. The van der Waals surface area contributed by atoms with Crippen molar-refractivity contribution in [2.24, 2.45) is 0 Å². The van der Waals surface area contributed by atoms with Crippen molar-refractivity contribution in [2.45, 2.75) is 20.4 Å². The van der Waals surface area contributed by atoms with E-state index in [-0.39, 0.29) is 24.8 Å². The van der Waals surface area contributed by atoms with E-state index in [1.165, 1.54) is 0 Å². The zero-order chi connectivity index (χ0) is 20.1. The molecule has 0 saturated heterocycles. The second-order valence-electron chi connectivity index (χ2n) is 6.71. The van der Waals surface area contributed by atoms with E-state index < -0.39 is 5.97 Å². The van der Waals surface area contributed by atoms with E-state index in [1.807, 2.05) is 67.4 Å². The number of furan rings is 1. The quantitative estimate of drug-likeness (QED) is 0.628. The number of ether oxygens (including phenoxy) is 1. The SMILES string of the molecule is CCOC(=O)c1oc2ccccc2c1CN(C)CC(=O)Nc1ccc(C)cc1. The fourth-order valence-corrected chi connectivity index (χ4v) is 3.03. The van der Waals surface area contributed by atoms with Crippen molar-refractivity contribution in [1.82, 2.24) is 4.90 Å². The molecule has 1 aromatic heterocycles. The molecule has 28 heavy (non-hydrogen) atoms. The molecule has 1 heterocycles. The van der Waals surface area contributed by atoms with Crippen molar-refractivity contribution in [2.75, 3.05) is 25.5 Å². The third-order valence-electron chi connectivity index (χ3n) is 4.34. The summed E-state index contributed by atoms with van der Waals surface area (Å²) in [4.78, 5) is 26.5. The summed E-state index contributed by atoms with van der Waals surface area (Å²) in [7, 11) is 1.82. The van der Waals surface area contributed by atoms with Crippen LogP contribution in [0.5, 0.6) is 0 Å². The fraction of sp³-hybridized carbons (Fsp3) is 0.273. The van der Waals surface area contributed by atoms with E-state index in [0.717, 1.165) is 22.2 Å². The maximum atomic E-state index is 12.4. The summed E-state index contributed by atoms with van der Waals surface area (Å²) in [6, 6.07) is 15.1. The van der Waals surface area contributed by atoms with Crippen LogP contribution in [0.25, 0.3) is 11.0 Å². The van der Waals surface area contributed by atoms with Gasteiger partial charge >= 0.3 is 5.97 Å². The van der Waals surface area contributed by atoms with Gasteiger partial charge < -0.3 is 14.5 Å². The van der Waals surface area contributed by atoms with Gasteiger partial charge in [-0.3, -0.25) is 9.69 Å². The van der Waals surface area contributed by atoms with Crippen LogP contribution in [0.4, 0.5) is 5.69 Å². The highest BCUT2D eigenvalue weighted by molar-refractivity contribution is 5.96. The monoisotopic (exact) mass is 380 g/mol. The zero-order valence-corrected chi connectivity index (χ0v) is 16.3. The van der Waals surface area contributed by atoms with Gasteiger partial charge in [-0.25, -0.2) is 4.79 Å². The van der Waals surface area contributed by atoms with Crippen LogP contribution in [-0.2, 0) is 16.1 Å². The highest BCUT2D eigenvalue weighted by Gasteiger charge is 2.23. The van der Waals surface area contributed by atoms with Crippen LogP contribution in [0.15, 0.2) is 52.9 Å². The van der Waals surface area contributed by atoms with Gasteiger partial charge in [0.25, 0.3) is 0 Å². The number of hydrogen-bond donors (Lipinski definition) is 1. The van der Waals surface area contributed by atoms with Gasteiger partial charge in [-0.1, -0.05) is 35.9 Å². The summed E-state index contributed by atoms with van der Waals surface area (Å²) < 4.78 is 10.8. The number of anilines is 1. The largest absolute Gasteiger partial charge is 0.460 e. The topological polar surface area (TPSA) is 71.8 Å². The number of nitrogens with zero attached hydrogens (tertiary/aromatic N) is 1. The van der Waals surface area contributed by atoms with Crippen LogP contribution in [0.1, 0.15) is 28.6 Å². The van der Waals surface area contributed by atoms with Crippen molar-refractivity contribution in [3.05, 3.63) is 65.4 Å². The molecule has 0 aliphatic carbocycles. The van der Waals surface area contributed by atoms with E-state index in [2.05, 4.69) is 5.32 Å². The minimum Gasteiger partial charge on any atom is -0.460 e. The van der Waals surface area contributed by atoms with Crippen molar-refractivity contribution in [3.8, 4) is 0 Å². The molecule has 0 bridgehead atoms. The number of nitrogens with one attached hydrogen (secondary N) is 1. The Bertz CT molecular complexity index is 976. The molecule has 0 spiro atoms. The second kappa shape index (κ2) is 8.71. The number of carbonyl (C=O) groups excluding carboxylic acids is 2. The summed E-state index contributed by atoms with van der Waals surface area (Å²) >= 11 is 0. The first-order valence-corrected chi connectivity index (χ1v) is 9.20. The van der Waals surface area contributed by atoms with Gasteiger partial charge in [-0.05, 0) is 39.1 Å². The Morgan fingerprint density at radius 1 is 1.11 bits per heavy atom. The van der Waals surface area contributed by atoms with Crippen molar-refractivity contribution >= 4 is 28.5 Å². The number of fused-ring (bicyclic) bond motifs is 1. The lowest BCUT2D eigenvalue weighted by Crippen LogP contribution is -2.30. The molecule has 146 valence electrons. The number of carbonyl (C=O) groups is 2. The number of rotatable bonds is 7. The Kier molecular flexibility index (Phi) is 6.11. The minimum atomic E-state index is -0.494. The molecular weight excluding hydrogens is 356 g/mol. The summed E-state index contributed by atoms with van der Waals surface area (Å²) in [5.41, 5.74) is 3.23. The molecule has 3 rings (SSSR count). The molecule has 2 aromatic carbocycles. The Labute approximate surface area is 164 Å². The molecule has 0 unspecified atom stereocenters. The average Bonchev–Trinajstić information content (AvgIpc) is 3.02. The highest BCUT2D eigenvalue weighted by Crippen LogP contribution is 2.27. The first kappa shape index (κ1) is 19.6. The normalized spacial score (nSPS) is 11.0. The molecule has 6 heteroatoms. The van der Waals surface area contributed by atoms with Crippen LogP contribution in [-0.4, -0.2) is 37.0 Å². The first-order chi connectivity index (χ1) is 13.5. The van der Waals surface area contributed by atoms with Crippen molar-refractivity contribution < 1.29 is 18.7 Å². The van der Waals surface area contributed by atoms with Gasteiger partial charge in [-0.15, -0.1) is 0 Å². The lowest BCUT2D eigenvalue weighted by atomic mass is 10.1. The van der Waals surface area contributed by atoms with Gasteiger partial charge in [0, 0.05) is 23.2 Å². The van der Waals surface area contributed by atoms with Gasteiger partial charge in [0.15, 0.2) is 0 Å². The van der Waals surface area contributed by atoms with Crippen LogP contribution in [0.2, 0.25) is 0 Å². The van der Waals surface area contributed by atoms with E-state index in [4.69, 9.17) is 9.15 Å². The number of benzene rings is 2. The molecule has 3 aromatic rings. The molecule has 0 aliphatic heterocycles. The molecule has 0 saturated carbocycles. The molecular formula is C22H24N2O4. The van der Waals surface area contributed by atoms with E-state index >= 15 is 0 Å². The second-order valence-corrected chi connectivity index (χ2v) is 6.71. The summed E-state index contributed by atoms with van der Waals surface area (Å²) in [5, 5.41) is 3.72. The third kappa shape index (κ3) is 4.58. The maximum Gasteiger partial charge on any atom is 0.374 e. The molecule has 0 fully saturated rings. The fourth-order valence-electron chi connectivity index (χ4n) is 3.03. The zero-order valence-electron chi connectivity index (χ0n) is 16.3. The van der Waals surface area contributed by atoms with Crippen molar-refractivity contribution in [1.29, 1.82) is 0 Å². The molecule has 0 atom stereocenters. The van der Waals surface area contributed by atoms with Gasteiger partial charge in [0.1, 0.15) is 5.58 Å². The molecule has 1 N–H and O–H groups in total. The number of para-hydroxylation sites is 1. The van der Waals surface area contributed by atoms with Crippen molar-refractivity contribution in [3.63, 3.8) is 0 Å². The highest BCUT2D eigenvalue weighted by atomic mass is 16.5. The number of aryl methyl sites for hydroxylation is 1. The lowest BCUT2D eigenvalue weighted by Gasteiger charge is -2.16. The Balaban J connectivity index is 1.73. The number of amides is 1. The summed E-state index contributed by atoms with van der Waals surface area (Å²) in [6.07, 6.45) is 0. The van der Waals surface area contributed by atoms with Crippen LogP contribution < -0.4 is 5.32 Å². The summed E-state index contributed by atoms with van der Waals surface area (Å²) in [6.45, 7) is 4.57. The Hall–Kier alpha value is -3.12. The molecule has 0 aliphatic rings. The number of hydrogen-bond acceptors (Lipinski definition) is 5. The third-order valence-corrected chi connectivity index (χ3v) is 4.34. The smallest absolute Gasteiger partial charge is 0.374 e. The van der Waals surface area contributed by atoms with Crippen LogP contribution >= 0.6 is 0 Å². The Morgan fingerprint density at radius 2 is 1.82 bits per heavy atom. The summed E-state index contributed by atoms with van der Waals surface area (Å²) in [5.74, 6) is -0.433. The predicted molar refractivity (Wildman–Crippen MR) is 108 cm³/mol. The lowest BCUT2D eigenvalue weighted by molar-refractivity contribution is -0.117. The predicted octanol–water partition coefficient (Wildman–Crippen LogP) is 3.99. The maximum absolute atomic E-state index is 12.4. The molecule has 1 amide bonds. The average molecular weight is 380 g/mol. The number of likely N-dealkylation sites (N-methyl/N-ethyl adjacent to an activating group) is 1. The first-order valence-electron chi connectivity index (χ1n) is 9.20. The van der Waals surface area contributed by atoms with E-state index in [0.29, 0.717) is 12.1 Å². The van der Waals surface area contributed by atoms with E-state index in [1.54, 1.807) is 6.92 Å². The van der Waals surface area contributed by atoms with E-state index in [9.17, 15) is 9.59 Å². The van der Waals surface area contributed by atoms with Crippen LogP contribution in [0, 0.1) is 6.92 Å². The van der Waals surface area contributed by atoms with Crippen LogP contribution in [0.3, 0.4) is 0 Å². The minimum absolute atomic E-state index is 0.128. The van der Waals surface area contributed by atoms with Gasteiger partial charge in [-0.2, -0.15) is 0 Å². The Morgan fingerprint density at radius 3 is 2.54 bits per heavy atom. The standard InChI is InChI=1S/C22H24N2O4/c1-4-27-22(26)21-18(17-7-5-6-8-19(17)28-21)13-24(3)14-20(25)23-16-11-9-15(2)10-12-16/h5-12H,4,13-14H2,1-3H3,(H,23,25). The van der Waals surface area contributed by atoms with Gasteiger partial charge in [0.05, 0.1) is 13.2 Å².